The van der Waals surface area contributed by atoms with Crippen LogP contribution in [0.3, 0.4) is 0 Å². The molecule has 25 heavy (non-hydrogen) atoms. The summed E-state index contributed by atoms with van der Waals surface area (Å²) in [6.07, 6.45) is 0. The van der Waals surface area contributed by atoms with E-state index in [1.54, 1.807) is 37.3 Å². The molecular weight excluding hydrogens is 324 g/mol. The van der Waals surface area contributed by atoms with Crippen LogP contribution in [-0.2, 0) is 0 Å². The minimum absolute atomic E-state index is 0.0439. The number of ether oxygens (including phenoxy) is 3. The first kappa shape index (κ1) is 18.1. The Morgan fingerprint density at radius 3 is 2.36 bits per heavy atom. The third-order valence-corrected chi connectivity index (χ3v) is 3.56. The standard InChI is InChI=1S/C18H20N2O5/c1-11(14-10-13(23-2)6-7-15(14)21)19-20-18(22)12-5-8-16(24-3)17(9-12)25-4/h5-10,21H,1-4H3,(H,20,22). The first-order valence-electron chi connectivity index (χ1n) is 7.44. The van der Waals surface area contributed by atoms with Crippen molar-refractivity contribution < 1.29 is 24.1 Å². The lowest BCUT2D eigenvalue weighted by molar-refractivity contribution is 0.0954. The van der Waals surface area contributed by atoms with Gasteiger partial charge in [-0.05, 0) is 43.3 Å². The number of phenols is 1. The number of carbonyl (C=O) groups is 1. The van der Waals surface area contributed by atoms with Gasteiger partial charge in [0.1, 0.15) is 11.5 Å². The van der Waals surface area contributed by atoms with Crippen molar-refractivity contribution in [2.75, 3.05) is 21.3 Å². The minimum Gasteiger partial charge on any atom is -0.507 e. The number of rotatable bonds is 6. The Morgan fingerprint density at radius 1 is 1.00 bits per heavy atom. The van der Waals surface area contributed by atoms with Crippen molar-refractivity contribution in [3.8, 4) is 23.0 Å². The van der Waals surface area contributed by atoms with Gasteiger partial charge in [-0.25, -0.2) is 5.43 Å². The average molecular weight is 344 g/mol. The van der Waals surface area contributed by atoms with Gasteiger partial charge in [0, 0.05) is 11.1 Å². The van der Waals surface area contributed by atoms with Crippen LogP contribution in [0, 0.1) is 0 Å². The summed E-state index contributed by atoms with van der Waals surface area (Å²) in [6, 6.07) is 9.57. The largest absolute Gasteiger partial charge is 0.507 e. The molecule has 0 spiro atoms. The Morgan fingerprint density at radius 2 is 1.72 bits per heavy atom. The lowest BCUT2D eigenvalue weighted by Crippen LogP contribution is -2.19. The summed E-state index contributed by atoms with van der Waals surface area (Å²) in [6.45, 7) is 1.67. The highest BCUT2D eigenvalue weighted by molar-refractivity contribution is 6.03. The van der Waals surface area contributed by atoms with Gasteiger partial charge in [-0.2, -0.15) is 5.10 Å². The summed E-state index contributed by atoms with van der Waals surface area (Å²) in [5.74, 6) is 1.18. The molecule has 0 aliphatic carbocycles. The van der Waals surface area contributed by atoms with E-state index in [2.05, 4.69) is 10.5 Å². The van der Waals surface area contributed by atoms with Crippen molar-refractivity contribution in [2.24, 2.45) is 5.10 Å². The second-order valence-corrected chi connectivity index (χ2v) is 5.09. The van der Waals surface area contributed by atoms with Gasteiger partial charge in [0.05, 0.1) is 27.0 Å². The smallest absolute Gasteiger partial charge is 0.271 e. The lowest BCUT2D eigenvalue weighted by atomic mass is 10.1. The van der Waals surface area contributed by atoms with Gasteiger partial charge >= 0.3 is 0 Å². The molecule has 0 aliphatic rings. The Kier molecular flexibility index (Phi) is 5.84. The molecule has 1 amide bonds. The van der Waals surface area contributed by atoms with Gasteiger partial charge in [-0.1, -0.05) is 0 Å². The number of carbonyl (C=O) groups excluding carboxylic acids is 1. The number of nitrogens with one attached hydrogen (secondary N) is 1. The molecule has 0 unspecified atom stereocenters. The third-order valence-electron chi connectivity index (χ3n) is 3.56. The predicted octanol–water partition coefficient (Wildman–Crippen LogP) is 2.57. The zero-order chi connectivity index (χ0) is 18.4. The number of aromatic hydroxyl groups is 1. The van der Waals surface area contributed by atoms with Crippen molar-refractivity contribution in [1.82, 2.24) is 5.43 Å². The molecule has 0 heterocycles. The van der Waals surface area contributed by atoms with Crippen LogP contribution >= 0.6 is 0 Å². The Balaban J connectivity index is 2.19. The van der Waals surface area contributed by atoms with E-state index in [1.165, 1.54) is 27.4 Å². The summed E-state index contributed by atoms with van der Waals surface area (Å²) >= 11 is 0. The number of nitrogens with zero attached hydrogens (tertiary/aromatic N) is 1. The van der Waals surface area contributed by atoms with E-state index in [4.69, 9.17) is 14.2 Å². The van der Waals surface area contributed by atoms with Crippen LogP contribution in [0.5, 0.6) is 23.0 Å². The normalized spacial score (nSPS) is 11.0. The second-order valence-electron chi connectivity index (χ2n) is 5.09. The number of methoxy groups -OCH3 is 3. The van der Waals surface area contributed by atoms with E-state index in [0.29, 0.717) is 34.1 Å². The van der Waals surface area contributed by atoms with Gasteiger partial charge < -0.3 is 19.3 Å². The summed E-state index contributed by atoms with van der Waals surface area (Å²) in [7, 11) is 4.54. The lowest BCUT2D eigenvalue weighted by Gasteiger charge is -2.09. The number of hydrogen-bond acceptors (Lipinski definition) is 6. The third kappa shape index (κ3) is 4.20. The predicted molar refractivity (Wildman–Crippen MR) is 93.9 cm³/mol. The molecule has 0 atom stereocenters. The molecule has 0 radical (unpaired) electrons. The molecule has 2 aromatic carbocycles. The van der Waals surface area contributed by atoms with E-state index in [1.807, 2.05) is 0 Å². The van der Waals surface area contributed by atoms with Gasteiger partial charge in [-0.15, -0.1) is 0 Å². The maximum Gasteiger partial charge on any atom is 0.271 e. The number of hydrazone groups is 1. The van der Waals surface area contributed by atoms with Crippen LogP contribution in [0.1, 0.15) is 22.8 Å². The fraction of sp³-hybridized carbons (Fsp3) is 0.222. The number of hydrogen-bond donors (Lipinski definition) is 2. The van der Waals surface area contributed by atoms with Crippen LogP contribution in [0.2, 0.25) is 0 Å². The molecule has 7 heteroatoms. The van der Waals surface area contributed by atoms with E-state index >= 15 is 0 Å². The molecular formula is C18H20N2O5. The molecule has 0 saturated carbocycles. The van der Waals surface area contributed by atoms with Crippen LogP contribution in [-0.4, -0.2) is 38.1 Å². The fourth-order valence-corrected chi connectivity index (χ4v) is 2.17. The number of phenolic OH excluding ortho intramolecular Hbond substituents is 1. The van der Waals surface area contributed by atoms with Gasteiger partial charge in [0.2, 0.25) is 0 Å². The molecule has 0 fully saturated rings. The van der Waals surface area contributed by atoms with Crippen molar-refractivity contribution in [3.05, 3.63) is 47.5 Å². The van der Waals surface area contributed by atoms with E-state index in [0.717, 1.165) is 0 Å². The van der Waals surface area contributed by atoms with Crippen molar-refractivity contribution in [3.63, 3.8) is 0 Å². The first-order chi connectivity index (χ1) is 12.0. The zero-order valence-electron chi connectivity index (χ0n) is 14.5. The number of amides is 1. The van der Waals surface area contributed by atoms with Gasteiger partial charge in [0.25, 0.3) is 5.91 Å². The van der Waals surface area contributed by atoms with E-state index < -0.39 is 5.91 Å². The molecule has 132 valence electrons. The fourth-order valence-electron chi connectivity index (χ4n) is 2.17. The van der Waals surface area contributed by atoms with Crippen molar-refractivity contribution >= 4 is 11.6 Å². The van der Waals surface area contributed by atoms with Gasteiger partial charge in [-0.3, -0.25) is 4.79 Å². The Bertz CT molecular complexity index is 802. The van der Waals surface area contributed by atoms with Gasteiger partial charge in [0.15, 0.2) is 11.5 Å². The minimum atomic E-state index is -0.414. The summed E-state index contributed by atoms with van der Waals surface area (Å²) < 4.78 is 15.4. The molecule has 2 rings (SSSR count). The van der Waals surface area contributed by atoms with Crippen LogP contribution in [0.25, 0.3) is 0 Å². The summed E-state index contributed by atoms with van der Waals surface area (Å²) in [5, 5.41) is 14.0. The van der Waals surface area contributed by atoms with E-state index in [9.17, 15) is 9.90 Å². The molecule has 0 aromatic heterocycles. The highest BCUT2D eigenvalue weighted by Crippen LogP contribution is 2.27. The monoisotopic (exact) mass is 344 g/mol. The molecule has 0 saturated heterocycles. The average Bonchev–Trinajstić information content (AvgIpc) is 2.65. The maximum absolute atomic E-state index is 12.3. The van der Waals surface area contributed by atoms with Crippen LogP contribution < -0.4 is 19.6 Å². The second kappa shape index (κ2) is 8.05. The van der Waals surface area contributed by atoms with Crippen molar-refractivity contribution in [2.45, 2.75) is 6.92 Å². The maximum atomic E-state index is 12.3. The molecule has 2 N–H and O–H groups in total. The molecule has 7 nitrogen and oxygen atoms in total. The SMILES string of the molecule is COc1ccc(O)c(C(C)=NNC(=O)c2ccc(OC)c(OC)c2)c1. The van der Waals surface area contributed by atoms with Crippen LogP contribution in [0.4, 0.5) is 0 Å². The Hall–Kier alpha value is -3.22. The summed E-state index contributed by atoms with van der Waals surface area (Å²) in [5.41, 5.74) is 3.72. The molecule has 0 bridgehead atoms. The quantitative estimate of drug-likeness (QED) is 0.621. The van der Waals surface area contributed by atoms with Crippen LogP contribution in [0.15, 0.2) is 41.5 Å². The highest BCUT2D eigenvalue weighted by atomic mass is 16.5. The van der Waals surface area contributed by atoms with Crippen molar-refractivity contribution in [1.29, 1.82) is 0 Å². The topological polar surface area (TPSA) is 89.4 Å². The first-order valence-corrected chi connectivity index (χ1v) is 7.44. The highest BCUT2D eigenvalue weighted by Gasteiger charge is 2.11. The summed E-state index contributed by atoms with van der Waals surface area (Å²) in [4.78, 5) is 12.3. The molecule has 2 aromatic rings. The van der Waals surface area contributed by atoms with E-state index in [-0.39, 0.29) is 5.75 Å². The number of benzene rings is 2. The molecule has 0 aliphatic heterocycles. The Labute approximate surface area is 145 Å². The zero-order valence-corrected chi connectivity index (χ0v) is 14.5.